The van der Waals surface area contributed by atoms with Crippen LogP contribution in [-0.2, 0) is 11.3 Å². The molecule has 1 N–H and O–H groups in total. The van der Waals surface area contributed by atoms with E-state index in [0.717, 1.165) is 5.56 Å². The van der Waals surface area contributed by atoms with Gasteiger partial charge in [-0.05, 0) is 35.9 Å². The lowest BCUT2D eigenvalue weighted by molar-refractivity contribution is 0.0600. The minimum Gasteiger partial charge on any atom is -0.465 e. The fourth-order valence-electron chi connectivity index (χ4n) is 2.60. The van der Waals surface area contributed by atoms with Crippen LogP contribution in [-0.4, -0.2) is 40.9 Å². The summed E-state index contributed by atoms with van der Waals surface area (Å²) >= 11 is 0. The topological polar surface area (TPSA) is 84.4 Å². The predicted molar refractivity (Wildman–Crippen MR) is 105 cm³/mol. The van der Waals surface area contributed by atoms with Crippen molar-refractivity contribution in [2.45, 2.75) is 6.54 Å². The molecule has 0 bridgehead atoms. The minimum atomic E-state index is -0.406. The summed E-state index contributed by atoms with van der Waals surface area (Å²) in [4.78, 5) is 34.2. The average Bonchev–Trinajstić information content (AvgIpc) is 2.74. The molecular weight excluding hydrogens is 356 g/mol. The summed E-state index contributed by atoms with van der Waals surface area (Å²) in [7, 11) is 3.07. The van der Waals surface area contributed by atoms with Gasteiger partial charge in [0.15, 0.2) is 0 Å². The van der Waals surface area contributed by atoms with Crippen molar-refractivity contribution >= 4 is 23.5 Å². The minimum absolute atomic E-state index is 0.199. The third-order valence-corrected chi connectivity index (χ3v) is 4.05. The Kier molecular flexibility index (Phi) is 5.96. The quantitative estimate of drug-likeness (QED) is 0.665. The second kappa shape index (κ2) is 8.77. The first-order chi connectivity index (χ1) is 13.6. The zero-order valence-electron chi connectivity index (χ0n) is 15.6. The van der Waals surface area contributed by atoms with Gasteiger partial charge in [-0.25, -0.2) is 14.8 Å². The van der Waals surface area contributed by atoms with Crippen molar-refractivity contribution < 1.29 is 14.3 Å². The second-order valence-electron chi connectivity index (χ2n) is 6.11. The molecule has 28 heavy (non-hydrogen) atoms. The molecule has 7 nitrogen and oxygen atoms in total. The largest absolute Gasteiger partial charge is 0.465 e. The highest BCUT2D eigenvalue weighted by Gasteiger charge is 2.14. The number of anilines is 2. The lowest BCUT2D eigenvalue weighted by atomic mass is 10.2. The highest BCUT2D eigenvalue weighted by Crippen LogP contribution is 2.15. The number of nitrogens with one attached hydrogen (secondary N) is 1. The molecule has 0 radical (unpaired) electrons. The van der Waals surface area contributed by atoms with E-state index in [0.29, 0.717) is 29.4 Å². The maximum atomic E-state index is 12.7. The molecule has 0 saturated heterocycles. The van der Waals surface area contributed by atoms with E-state index in [9.17, 15) is 9.59 Å². The van der Waals surface area contributed by atoms with Crippen LogP contribution in [0.5, 0.6) is 0 Å². The number of hydrogen-bond acceptors (Lipinski definition) is 6. The standard InChI is InChI=1S/C21H20N4O3/c1-25(14-15-6-4-3-5-7-15)19(26)18-12-13-22-21(24-18)23-17-10-8-16(9-11-17)20(27)28-2/h3-13H,14H2,1-2H3,(H,22,23,24). The Morgan fingerprint density at radius 1 is 1.04 bits per heavy atom. The number of carbonyl (C=O) groups is 2. The molecule has 1 amide bonds. The van der Waals surface area contributed by atoms with E-state index in [2.05, 4.69) is 20.0 Å². The van der Waals surface area contributed by atoms with Crippen molar-refractivity contribution in [1.29, 1.82) is 0 Å². The molecule has 0 aliphatic rings. The SMILES string of the molecule is COC(=O)c1ccc(Nc2nccc(C(=O)N(C)Cc3ccccc3)n2)cc1. The van der Waals surface area contributed by atoms with Crippen molar-refractivity contribution in [2.24, 2.45) is 0 Å². The van der Waals surface area contributed by atoms with Gasteiger partial charge in [-0.3, -0.25) is 4.79 Å². The van der Waals surface area contributed by atoms with Gasteiger partial charge in [0.25, 0.3) is 5.91 Å². The average molecular weight is 376 g/mol. The van der Waals surface area contributed by atoms with E-state index in [1.165, 1.54) is 13.3 Å². The molecular formula is C21H20N4O3. The Bertz CT molecular complexity index is 959. The summed E-state index contributed by atoms with van der Waals surface area (Å²) in [5.74, 6) is -0.308. The van der Waals surface area contributed by atoms with Crippen molar-refractivity contribution in [1.82, 2.24) is 14.9 Å². The van der Waals surface area contributed by atoms with Gasteiger partial charge in [-0.2, -0.15) is 0 Å². The summed E-state index contributed by atoms with van der Waals surface area (Å²) in [5.41, 5.74) is 2.47. The Labute approximate surface area is 163 Å². The predicted octanol–water partition coefficient (Wildman–Crippen LogP) is 3.28. The monoisotopic (exact) mass is 376 g/mol. The van der Waals surface area contributed by atoms with Crippen molar-refractivity contribution in [2.75, 3.05) is 19.5 Å². The molecule has 0 saturated carbocycles. The number of nitrogens with zero attached hydrogens (tertiary/aromatic N) is 3. The fraction of sp³-hybridized carbons (Fsp3) is 0.143. The zero-order valence-corrected chi connectivity index (χ0v) is 15.6. The molecule has 2 aromatic carbocycles. The van der Waals surface area contributed by atoms with Gasteiger partial charge in [-0.1, -0.05) is 30.3 Å². The summed E-state index contributed by atoms with van der Waals surface area (Å²) in [6.45, 7) is 0.488. The van der Waals surface area contributed by atoms with Crippen LogP contribution in [0.25, 0.3) is 0 Å². The van der Waals surface area contributed by atoms with Gasteiger partial charge in [0.2, 0.25) is 5.95 Å². The maximum Gasteiger partial charge on any atom is 0.337 e. The molecule has 0 spiro atoms. The van der Waals surface area contributed by atoms with E-state index in [-0.39, 0.29) is 5.91 Å². The van der Waals surface area contributed by atoms with Gasteiger partial charge in [-0.15, -0.1) is 0 Å². The molecule has 0 unspecified atom stereocenters. The third-order valence-electron chi connectivity index (χ3n) is 4.05. The van der Waals surface area contributed by atoms with Crippen LogP contribution in [0, 0.1) is 0 Å². The molecule has 0 aliphatic carbocycles. The van der Waals surface area contributed by atoms with Crippen LogP contribution < -0.4 is 5.32 Å². The number of carbonyl (C=O) groups excluding carboxylic acids is 2. The van der Waals surface area contributed by atoms with E-state index in [1.807, 2.05) is 30.3 Å². The molecule has 1 heterocycles. The highest BCUT2D eigenvalue weighted by atomic mass is 16.5. The Morgan fingerprint density at radius 3 is 2.43 bits per heavy atom. The maximum absolute atomic E-state index is 12.7. The number of esters is 1. The van der Waals surface area contributed by atoms with Gasteiger partial charge >= 0.3 is 5.97 Å². The number of benzene rings is 2. The number of methoxy groups -OCH3 is 1. The Morgan fingerprint density at radius 2 is 1.75 bits per heavy atom. The normalized spacial score (nSPS) is 10.2. The van der Waals surface area contributed by atoms with Crippen LogP contribution in [0.4, 0.5) is 11.6 Å². The highest BCUT2D eigenvalue weighted by molar-refractivity contribution is 5.92. The van der Waals surface area contributed by atoms with Crippen LogP contribution in [0.1, 0.15) is 26.4 Å². The van der Waals surface area contributed by atoms with Crippen molar-refractivity contribution in [3.05, 3.63) is 83.7 Å². The first-order valence-corrected chi connectivity index (χ1v) is 8.64. The van der Waals surface area contributed by atoms with Crippen LogP contribution in [0.2, 0.25) is 0 Å². The van der Waals surface area contributed by atoms with E-state index >= 15 is 0 Å². The molecule has 1 aromatic heterocycles. The number of ether oxygens (including phenoxy) is 1. The molecule has 7 heteroatoms. The molecule has 0 atom stereocenters. The second-order valence-corrected chi connectivity index (χ2v) is 6.11. The third kappa shape index (κ3) is 4.70. The van der Waals surface area contributed by atoms with Gasteiger partial charge in [0.05, 0.1) is 12.7 Å². The molecule has 0 aliphatic heterocycles. The Hall–Kier alpha value is -3.74. The van der Waals surface area contributed by atoms with E-state index in [1.54, 1.807) is 42.3 Å². The Balaban J connectivity index is 1.69. The first kappa shape index (κ1) is 19.0. The van der Waals surface area contributed by atoms with E-state index in [4.69, 9.17) is 0 Å². The summed E-state index contributed by atoms with van der Waals surface area (Å²) < 4.78 is 4.68. The van der Waals surface area contributed by atoms with Gasteiger partial charge < -0.3 is 15.0 Å². The van der Waals surface area contributed by atoms with Gasteiger partial charge in [0.1, 0.15) is 5.69 Å². The molecule has 3 rings (SSSR count). The first-order valence-electron chi connectivity index (χ1n) is 8.64. The van der Waals surface area contributed by atoms with Gasteiger partial charge in [0, 0.05) is 25.5 Å². The fourth-order valence-corrected chi connectivity index (χ4v) is 2.60. The molecule has 3 aromatic rings. The smallest absolute Gasteiger partial charge is 0.337 e. The number of amides is 1. The number of hydrogen-bond donors (Lipinski definition) is 1. The van der Waals surface area contributed by atoms with E-state index < -0.39 is 5.97 Å². The summed E-state index contributed by atoms with van der Waals surface area (Å²) in [5, 5.41) is 3.03. The molecule has 142 valence electrons. The lowest BCUT2D eigenvalue weighted by Crippen LogP contribution is -2.27. The van der Waals surface area contributed by atoms with Crippen LogP contribution in [0.3, 0.4) is 0 Å². The number of aromatic nitrogens is 2. The van der Waals surface area contributed by atoms with Crippen LogP contribution >= 0.6 is 0 Å². The summed E-state index contributed by atoms with van der Waals surface area (Å²) in [6, 6.07) is 18.0. The lowest BCUT2D eigenvalue weighted by Gasteiger charge is -2.17. The van der Waals surface area contributed by atoms with Crippen molar-refractivity contribution in [3.63, 3.8) is 0 Å². The molecule has 0 fully saturated rings. The number of rotatable bonds is 6. The van der Waals surface area contributed by atoms with Crippen molar-refractivity contribution in [3.8, 4) is 0 Å². The van der Waals surface area contributed by atoms with Crippen LogP contribution in [0.15, 0.2) is 66.9 Å². The zero-order chi connectivity index (χ0) is 19.9. The summed E-state index contributed by atoms with van der Waals surface area (Å²) in [6.07, 6.45) is 1.53.